The van der Waals surface area contributed by atoms with Gasteiger partial charge in [0, 0.05) is 19.8 Å². The number of fused-ring (bicyclic) bond motifs is 1. The molecule has 1 aliphatic carbocycles. The zero-order chi connectivity index (χ0) is 35.5. The molecule has 1 saturated carbocycles. The Kier molecular flexibility index (Phi) is 10.8. The highest BCUT2D eigenvalue weighted by atomic mass is 31.2. The number of ether oxygens (including phenoxy) is 1. The first-order chi connectivity index (χ1) is 23.3. The van der Waals surface area contributed by atoms with E-state index in [1.165, 1.54) is 18.1 Å². The molecule has 2 aromatic heterocycles. The number of hydrogen-bond donors (Lipinski definition) is 3. The maximum absolute atomic E-state index is 14.2. The first-order valence-electron chi connectivity index (χ1n) is 15.8. The van der Waals surface area contributed by atoms with Crippen molar-refractivity contribution in [1.29, 1.82) is 0 Å². The minimum atomic E-state index is -4.83. The van der Waals surface area contributed by atoms with Gasteiger partial charge in [0.15, 0.2) is 0 Å². The molecule has 49 heavy (non-hydrogen) atoms. The molecule has 0 bridgehead atoms. The number of aliphatic carboxylic acids is 1. The first kappa shape index (κ1) is 36.0. The van der Waals surface area contributed by atoms with Gasteiger partial charge in [-0.2, -0.15) is 18.2 Å². The van der Waals surface area contributed by atoms with Crippen molar-refractivity contribution in [2.45, 2.75) is 64.3 Å². The van der Waals surface area contributed by atoms with Crippen LogP contribution in [-0.2, 0) is 37.3 Å². The van der Waals surface area contributed by atoms with Gasteiger partial charge in [-0.05, 0) is 74.8 Å². The SMILES string of the molecule is CCOP(=O)(Cc1ccc(Nc2ncc(C(F)(F)F)c(Nc3ccc([C@H]4CC[C@H](C(=O)O)CC4)c4c3C(=O)N(C)C4)n2)c(OC)n1)OCC. The number of nitrogens with one attached hydrogen (secondary N) is 2. The van der Waals surface area contributed by atoms with Gasteiger partial charge in [0.1, 0.15) is 17.1 Å². The summed E-state index contributed by atoms with van der Waals surface area (Å²) in [5.74, 6) is -2.33. The van der Waals surface area contributed by atoms with Crippen LogP contribution < -0.4 is 15.4 Å². The van der Waals surface area contributed by atoms with Crippen LogP contribution in [-0.4, -0.2) is 64.2 Å². The fourth-order valence-electron chi connectivity index (χ4n) is 6.25. The molecule has 3 aromatic rings. The minimum absolute atomic E-state index is 0.0264. The summed E-state index contributed by atoms with van der Waals surface area (Å²) < 4.78 is 71.6. The van der Waals surface area contributed by atoms with Gasteiger partial charge in [-0.1, -0.05) is 6.07 Å². The van der Waals surface area contributed by atoms with Crippen molar-refractivity contribution in [3.63, 3.8) is 0 Å². The molecule has 0 unspecified atom stereocenters. The normalized spacial score (nSPS) is 17.9. The average molecular weight is 707 g/mol. The van der Waals surface area contributed by atoms with Crippen LogP contribution in [0.5, 0.6) is 5.88 Å². The molecule has 1 aromatic carbocycles. The highest BCUT2D eigenvalue weighted by Gasteiger charge is 2.38. The molecule has 264 valence electrons. The quantitative estimate of drug-likeness (QED) is 0.155. The van der Waals surface area contributed by atoms with Crippen molar-refractivity contribution in [3.8, 4) is 5.88 Å². The Bertz CT molecular complexity index is 1760. The smallest absolute Gasteiger partial charge is 0.421 e. The van der Waals surface area contributed by atoms with E-state index >= 15 is 0 Å². The van der Waals surface area contributed by atoms with Crippen molar-refractivity contribution >= 4 is 42.6 Å². The molecule has 13 nitrogen and oxygen atoms in total. The lowest BCUT2D eigenvalue weighted by Gasteiger charge is -2.28. The summed E-state index contributed by atoms with van der Waals surface area (Å²) in [6, 6.07) is 6.43. The van der Waals surface area contributed by atoms with Crippen LogP contribution in [0.2, 0.25) is 0 Å². The summed E-state index contributed by atoms with van der Waals surface area (Å²) in [4.78, 5) is 38.6. The van der Waals surface area contributed by atoms with Crippen LogP contribution in [0.3, 0.4) is 0 Å². The Morgan fingerprint density at radius 1 is 1.04 bits per heavy atom. The number of alkyl halides is 3. The number of amides is 1. The van der Waals surface area contributed by atoms with Crippen LogP contribution in [0, 0.1) is 5.92 Å². The number of carboxylic acids is 1. The van der Waals surface area contributed by atoms with E-state index in [4.69, 9.17) is 13.8 Å². The van der Waals surface area contributed by atoms with E-state index in [1.54, 1.807) is 39.1 Å². The fourth-order valence-corrected chi connectivity index (χ4v) is 7.86. The first-order valence-corrected chi connectivity index (χ1v) is 17.5. The molecule has 5 rings (SSSR count). The van der Waals surface area contributed by atoms with E-state index in [1.807, 2.05) is 0 Å². The Morgan fingerprint density at radius 2 is 1.71 bits per heavy atom. The fraction of sp³-hybridized carbons (Fsp3) is 0.469. The summed E-state index contributed by atoms with van der Waals surface area (Å²) in [5.41, 5.74) is 1.41. The Labute approximate surface area is 281 Å². The standard InChI is InChI=1S/C32H38F3N6O7P/c1-5-47-49(45,48-6-2)17-20-11-13-25(28(37-20)46-4)39-31-36-15-23(32(33,34)35)27(40-31)38-24-14-12-21(22-16-41(3)29(42)26(22)24)18-7-9-19(10-8-18)30(43)44/h11-15,18-19H,5-10,16-17H2,1-4H3,(H,43,44)(H2,36,38,39,40)/t18-,19-. The molecule has 0 atom stereocenters. The average Bonchev–Trinajstić information content (AvgIpc) is 3.35. The predicted octanol–water partition coefficient (Wildman–Crippen LogP) is 7.10. The van der Waals surface area contributed by atoms with Crippen LogP contribution in [0.25, 0.3) is 0 Å². The van der Waals surface area contributed by atoms with Crippen LogP contribution in [0.4, 0.5) is 36.3 Å². The van der Waals surface area contributed by atoms with E-state index in [9.17, 15) is 32.4 Å². The molecule has 3 heterocycles. The lowest BCUT2D eigenvalue weighted by Crippen LogP contribution is -2.21. The van der Waals surface area contributed by atoms with Gasteiger partial charge in [0.05, 0.1) is 49.3 Å². The zero-order valence-electron chi connectivity index (χ0n) is 27.5. The lowest BCUT2D eigenvalue weighted by molar-refractivity contribution is -0.143. The largest absolute Gasteiger partial charge is 0.481 e. The molecule has 1 amide bonds. The van der Waals surface area contributed by atoms with Crippen molar-refractivity contribution < 1.29 is 46.2 Å². The molecule has 3 N–H and O–H groups in total. The number of hydrogen-bond acceptors (Lipinski definition) is 11. The Hall–Kier alpha value is -4.27. The van der Waals surface area contributed by atoms with E-state index in [-0.39, 0.29) is 66.5 Å². The zero-order valence-corrected chi connectivity index (χ0v) is 28.4. The number of carbonyl (C=O) groups excluding carboxylic acids is 1. The molecule has 2 aliphatic rings. The highest BCUT2D eigenvalue weighted by molar-refractivity contribution is 7.53. The van der Waals surface area contributed by atoms with Gasteiger partial charge in [-0.25, -0.2) is 9.97 Å². The summed E-state index contributed by atoms with van der Waals surface area (Å²) in [6.07, 6.45) is -2.05. The maximum atomic E-state index is 14.2. The molecule has 0 radical (unpaired) electrons. The summed E-state index contributed by atoms with van der Waals surface area (Å²) in [5, 5.41) is 15.0. The molecular weight excluding hydrogens is 668 g/mol. The highest BCUT2D eigenvalue weighted by Crippen LogP contribution is 2.51. The molecule has 1 aliphatic heterocycles. The molecule has 1 fully saturated rings. The third-order valence-corrected chi connectivity index (χ3v) is 10.5. The third kappa shape index (κ3) is 7.97. The number of rotatable bonds is 13. The molecule has 0 spiro atoms. The summed E-state index contributed by atoms with van der Waals surface area (Å²) >= 11 is 0. The van der Waals surface area contributed by atoms with Gasteiger partial charge in [0.25, 0.3) is 5.91 Å². The van der Waals surface area contributed by atoms with Gasteiger partial charge in [0.2, 0.25) is 11.8 Å². The van der Waals surface area contributed by atoms with Crippen LogP contribution in [0.15, 0.2) is 30.5 Å². The Morgan fingerprint density at radius 3 is 2.33 bits per heavy atom. The monoisotopic (exact) mass is 706 g/mol. The summed E-state index contributed by atoms with van der Waals surface area (Å²) in [7, 11) is -0.512. The lowest BCUT2D eigenvalue weighted by atomic mass is 9.77. The van der Waals surface area contributed by atoms with E-state index < -0.39 is 37.0 Å². The minimum Gasteiger partial charge on any atom is -0.481 e. The number of benzene rings is 1. The van der Waals surface area contributed by atoms with Gasteiger partial charge in [-0.15, -0.1) is 0 Å². The summed E-state index contributed by atoms with van der Waals surface area (Å²) in [6.45, 7) is 3.99. The number of aromatic nitrogens is 3. The van der Waals surface area contributed by atoms with Gasteiger partial charge < -0.3 is 34.4 Å². The van der Waals surface area contributed by atoms with Gasteiger partial charge in [-0.3, -0.25) is 14.2 Å². The van der Waals surface area contributed by atoms with Crippen LogP contribution >= 0.6 is 7.60 Å². The number of halogens is 3. The number of carboxylic acid groups (broad SMARTS) is 1. The number of methoxy groups -OCH3 is 1. The second-order valence-corrected chi connectivity index (χ2v) is 13.8. The third-order valence-electron chi connectivity index (χ3n) is 8.53. The van der Waals surface area contributed by atoms with Crippen molar-refractivity contribution in [3.05, 3.63) is 58.4 Å². The van der Waals surface area contributed by atoms with Crippen molar-refractivity contribution in [2.24, 2.45) is 5.92 Å². The van der Waals surface area contributed by atoms with E-state index in [2.05, 4.69) is 25.6 Å². The number of carbonyl (C=O) groups is 2. The number of nitrogens with zero attached hydrogens (tertiary/aromatic N) is 4. The van der Waals surface area contributed by atoms with Crippen molar-refractivity contribution in [1.82, 2.24) is 19.9 Å². The second kappa shape index (κ2) is 14.7. The molecular formula is C32H38F3N6O7P. The van der Waals surface area contributed by atoms with E-state index in [0.717, 1.165) is 5.56 Å². The molecule has 17 heteroatoms. The van der Waals surface area contributed by atoms with Crippen LogP contribution in [0.1, 0.15) is 78.2 Å². The van der Waals surface area contributed by atoms with Crippen molar-refractivity contribution in [2.75, 3.05) is 38.0 Å². The molecule has 0 saturated heterocycles. The van der Waals surface area contributed by atoms with E-state index in [0.29, 0.717) is 43.1 Å². The maximum Gasteiger partial charge on any atom is 0.421 e. The second-order valence-electron chi connectivity index (χ2n) is 11.8. The Balaban J connectivity index is 1.45. The predicted molar refractivity (Wildman–Crippen MR) is 174 cm³/mol. The van der Waals surface area contributed by atoms with Gasteiger partial charge >= 0.3 is 19.7 Å². The number of anilines is 4. The number of pyridine rings is 1. The topological polar surface area (TPSA) is 165 Å².